The number of rotatable bonds is 3. The van der Waals surface area contributed by atoms with Gasteiger partial charge < -0.3 is 16.2 Å². The molecule has 4 N–H and O–H groups in total. The molecule has 4 heteroatoms. The second kappa shape index (κ2) is 3.91. The van der Waals surface area contributed by atoms with Gasteiger partial charge in [0.05, 0.1) is 18.7 Å². The number of aromatic nitrogens is 1. The van der Waals surface area contributed by atoms with Gasteiger partial charge in [-0.2, -0.15) is 0 Å². The number of nitrogen functional groups attached to an aromatic ring is 1. The Morgan fingerprint density at radius 2 is 2.38 bits per heavy atom. The molecule has 1 heterocycles. The third kappa shape index (κ3) is 1.78. The molecule has 0 aromatic carbocycles. The summed E-state index contributed by atoms with van der Waals surface area (Å²) in [6.45, 7) is 3.59. The van der Waals surface area contributed by atoms with Crippen LogP contribution in [0.2, 0.25) is 0 Å². The van der Waals surface area contributed by atoms with Crippen LogP contribution in [-0.4, -0.2) is 12.1 Å². The highest BCUT2D eigenvalue weighted by Crippen LogP contribution is 2.27. The summed E-state index contributed by atoms with van der Waals surface area (Å²) >= 11 is 0. The molecule has 0 aliphatic carbocycles. The quantitative estimate of drug-likeness (QED) is 0.675. The summed E-state index contributed by atoms with van der Waals surface area (Å²) in [7, 11) is 1.53. The van der Waals surface area contributed by atoms with Crippen LogP contribution in [-0.2, 0) is 0 Å². The van der Waals surface area contributed by atoms with Crippen LogP contribution in [0.3, 0.4) is 0 Å². The second-order valence-corrected chi connectivity index (χ2v) is 2.58. The fourth-order valence-electron chi connectivity index (χ4n) is 1.08. The van der Waals surface area contributed by atoms with E-state index in [1.165, 1.54) is 7.11 Å². The summed E-state index contributed by atoms with van der Waals surface area (Å²) in [6, 6.07) is 1.34. The van der Waals surface area contributed by atoms with Gasteiger partial charge in [0.25, 0.3) is 0 Å². The molecule has 0 amide bonds. The zero-order valence-corrected chi connectivity index (χ0v) is 7.53. The molecule has 1 aromatic rings. The highest BCUT2D eigenvalue weighted by molar-refractivity contribution is 5.53. The second-order valence-electron chi connectivity index (χ2n) is 2.58. The minimum Gasteiger partial charge on any atom is -0.481 e. The van der Waals surface area contributed by atoms with Crippen LogP contribution >= 0.6 is 0 Å². The van der Waals surface area contributed by atoms with E-state index in [-0.39, 0.29) is 6.04 Å². The van der Waals surface area contributed by atoms with Crippen LogP contribution in [0.1, 0.15) is 11.6 Å². The van der Waals surface area contributed by atoms with Crippen LogP contribution < -0.4 is 16.2 Å². The van der Waals surface area contributed by atoms with Crippen molar-refractivity contribution in [3.63, 3.8) is 0 Å². The van der Waals surface area contributed by atoms with Gasteiger partial charge in [-0.25, -0.2) is 4.98 Å². The van der Waals surface area contributed by atoms with Gasteiger partial charge in [0, 0.05) is 11.9 Å². The molecule has 4 nitrogen and oxygen atoms in total. The monoisotopic (exact) mass is 179 g/mol. The molecule has 0 bridgehead atoms. The molecule has 0 aliphatic heterocycles. The third-order valence-electron chi connectivity index (χ3n) is 1.77. The first kappa shape index (κ1) is 9.54. The number of methoxy groups -OCH3 is 1. The molecule has 1 rings (SSSR count). The maximum Gasteiger partial charge on any atom is 0.220 e. The molecule has 1 aromatic heterocycles. The molecule has 0 unspecified atom stereocenters. The molecule has 70 valence electrons. The highest BCUT2D eigenvalue weighted by Gasteiger charge is 2.13. The Bertz CT molecular complexity index is 312. The van der Waals surface area contributed by atoms with E-state index < -0.39 is 0 Å². The summed E-state index contributed by atoms with van der Waals surface area (Å²) in [4.78, 5) is 4.00. The Morgan fingerprint density at radius 3 is 2.92 bits per heavy atom. The van der Waals surface area contributed by atoms with Crippen LogP contribution in [0, 0.1) is 0 Å². The van der Waals surface area contributed by atoms with Crippen LogP contribution in [0.15, 0.2) is 24.9 Å². The zero-order chi connectivity index (χ0) is 9.84. The lowest BCUT2D eigenvalue weighted by Gasteiger charge is -2.12. The minimum atomic E-state index is -0.344. The summed E-state index contributed by atoms with van der Waals surface area (Å²) < 4.78 is 5.03. The van der Waals surface area contributed by atoms with Crippen molar-refractivity contribution in [2.75, 3.05) is 12.8 Å². The van der Waals surface area contributed by atoms with Gasteiger partial charge in [0.2, 0.25) is 5.88 Å². The minimum absolute atomic E-state index is 0.344. The van der Waals surface area contributed by atoms with E-state index >= 15 is 0 Å². The Balaban J connectivity index is 3.22. The first-order valence-corrected chi connectivity index (χ1v) is 3.87. The Kier molecular flexibility index (Phi) is 2.87. The lowest BCUT2D eigenvalue weighted by molar-refractivity contribution is 0.391. The van der Waals surface area contributed by atoms with Gasteiger partial charge >= 0.3 is 0 Å². The van der Waals surface area contributed by atoms with Gasteiger partial charge in [-0.15, -0.1) is 6.58 Å². The number of hydrogen-bond donors (Lipinski definition) is 2. The number of anilines is 1. The lowest BCUT2D eigenvalue weighted by atomic mass is 10.1. The number of ether oxygens (including phenoxy) is 1. The van der Waals surface area contributed by atoms with Crippen molar-refractivity contribution in [2.24, 2.45) is 5.73 Å². The first-order valence-electron chi connectivity index (χ1n) is 3.87. The van der Waals surface area contributed by atoms with Crippen molar-refractivity contribution in [3.8, 4) is 5.88 Å². The Morgan fingerprint density at radius 1 is 1.69 bits per heavy atom. The molecular formula is C9H13N3O. The van der Waals surface area contributed by atoms with Crippen molar-refractivity contribution in [2.45, 2.75) is 6.04 Å². The number of pyridine rings is 1. The van der Waals surface area contributed by atoms with Crippen molar-refractivity contribution in [1.82, 2.24) is 4.98 Å². The molecule has 0 fully saturated rings. The standard InChI is InChI=1S/C9H13N3O/c1-3-6(10)8-7(11)4-5-12-9(8)13-2/h3-6H,1,10H2,2H3,(H2,11,12)/t6-/m0/s1. The van der Waals surface area contributed by atoms with Crippen molar-refractivity contribution in [1.29, 1.82) is 0 Å². The molecular weight excluding hydrogens is 166 g/mol. The first-order chi connectivity index (χ1) is 6.20. The summed E-state index contributed by atoms with van der Waals surface area (Å²) in [5.74, 6) is 0.451. The van der Waals surface area contributed by atoms with Gasteiger partial charge in [-0.3, -0.25) is 0 Å². The maximum absolute atomic E-state index is 5.75. The average Bonchev–Trinajstić information content (AvgIpc) is 2.16. The normalized spacial score (nSPS) is 12.2. The molecule has 0 radical (unpaired) electrons. The number of nitrogens with two attached hydrogens (primary N) is 2. The van der Waals surface area contributed by atoms with Crippen LogP contribution in [0.5, 0.6) is 5.88 Å². The Hall–Kier alpha value is -1.55. The fourth-order valence-corrected chi connectivity index (χ4v) is 1.08. The van der Waals surface area contributed by atoms with Gasteiger partial charge in [-0.05, 0) is 6.07 Å². The SMILES string of the molecule is C=C[C@H](N)c1c(N)ccnc1OC. The summed E-state index contributed by atoms with van der Waals surface area (Å²) in [5, 5.41) is 0. The van der Waals surface area contributed by atoms with Gasteiger partial charge in [0.1, 0.15) is 0 Å². The van der Waals surface area contributed by atoms with Crippen LogP contribution in [0.25, 0.3) is 0 Å². The van der Waals surface area contributed by atoms with Crippen molar-refractivity contribution >= 4 is 5.69 Å². The Labute approximate surface area is 77.2 Å². The maximum atomic E-state index is 5.75. The zero-order valence-electron chi connectivity index (χ0n) is 7.53. The van der Waals surface area contributed by atoms with Crippen molar-refractivity contribution < 1.29 is 4.74 Å². The number of nitrogens with zero attached hydrogens (tertiary/aromatic N) is 1. The van der Waals surface area contributed by atoms with E-state index in [0.717, 1.165) is 0 Å². The smallest absolute Gasteiger partial charge is 0.220 e. The van der Waals surface area contributed by atoms with E-state index in [9.17, 15) is 0 Å². The third-order valence-corrected chi connectivity index (χ3v) is 1.77. The largest absolute Gasteiger partial charge is 0.481 e. The van der Waals surface area contributed by atoms with E-state index in [1.54, 1.807) is 18.3 Å². The average molecular weight is 179 g/mol. The number of hydrogen-bond acceptors (Lipinski definition) is 4. The van der Waals surface area contributed by atoms with E-state index in [0.29, 0.717) is 17.1 Å². The lowest BCUT2D eigenvalue weighted by Crippen LogP contribution is -2.11. The summed E-state index contributed by atoms with van der Waals surface area (Å²) in [6.07, 6.45) is 3.17. The molecule has 13 heavy (non-hydrogen) atoms. The van der Waals surface area contributed by atoms with Gasteiger partial charge in [-0.1, -0.05) is 6.08 Å². The van der Waals surface area contributed by atoms with Crippen molar-refractivity contribution in [3.05, 3.63) is 30.5 Å². The topological polar surface area (TPSA) is 74.2 Å². The van der Waals surface area contributed by atoms with E-state index in [1.807, 2.05) is 0 Å². The predicted octanol–water partition coefficient (Wildman–Crippen LogP) is 0.858. The van der Waals surface area contributed by atoms with E-state index in [2.05, 4.69) is 11.6 Å². The van der Waals surface area contributed by atoms with Gasteiger partial charge in [0.15, 0.2) is 0 Å². The molecule has 0 aliphatic rings. The highest BCUT2D eigenvalue weighted by atomic mass is 16.5. The predicted molar refractivity (Wildman–Crippen MR) is 52.3 cm³/mol. The molecule has 0 saturated heterocycles. The fraction of sp³-hybridized carbons (Fsp3) is 0.222. The molecule has 0 saturated carbocycles. The van der Waals surface area contributed by atoms with Crippen LogP contribution in [0.4, 0.5) is 5.69 Å². The van der Waals surface area contributed by atoms with E-state index in [4.69, 9.17) is 16.2 Å². The molecule has 1 atom stereocenters. The molecule has 0 spiro atoms. The summed E-state index contributed by atoms with van der Waals surface area (Å²) in [5.41, 5.74) is 12.7.